The molecule has 2 aromatic carbocycles. The molecule has 2 aromatic heterocycles. The maximum Gasteiger partial charge on any atom is 0.204 e. The summed E-state index contributed by atoms with van der Waals surface area (Å²) in [5, 5.41) is 15.6. The highest BCUT2D eigenvalue weighted by Crippen LogP contribution is 2.27. The first-order valence-corrected chi connectivity index (χ1v) is 9.51. The molecule has 0 N–H and O–H groups in total. The maximum atomic E-state index is 5.27. The van der Waals surface area contributed by atoms with Crippen LogP contribution in [0, 0.1) is 0 Å². The Labute approximate surface area is 162 Å². The van der Waals surface area contributed by atoms with Gasteiger partial charge in [-0.1, -0.05) is 28.1 Å². The molecule has 0 atom stereocenters. The van der Waals surface area contributed by atoms with E-state index in [0.717, 1.165) is 32.1 Å². The van der Waals surface area contributed by atoms with E-state index in [0.29, 0.717) is 12.4 Å². The van der Waals surface area contributed by atoms with Crippen LogP contribution in [-0.4, -0.2) is 32.3 Å². The van der Waals surface area contributed by atoms with Gasteiger partial charge in [0.25, 0.3) is 0 Å². The standard InChI is InChI=1S/C18H14BrN5OS/c1-25-16-4-2-3-13(9-16)18-20-15(11-26-18)10-24-22-17(21-23-24)12-5-7-14(19)8-6-12/h2-9,11H,10H2,1H3. The van der Waals surface area contributed by atoms with E-state index in [1.54, 1.807) is 23.2 Å². The lowest BCUT2D eigenvalue weighted by atomic mass is 10.2. The second-order valence-corrected chi connectivity index (χ2v) is 7.30. The van der Waals surface area contributed by atoms with E-state index in [9.17, 15) is 0 Å². The molecule has 2 heterocycles. The molecular formula is C18H14BrN5OS. The molecule has 0 bridgehead atoms. The molecule has 0 amide bonds. The van der Waals surface area contributed by atoms with Gasteiger partial charge in [-0.15, -0.1) is 21.5 Å². The van der Waals surface area contributed by atoms with Crippen molar-refractivity contribution in [2.45, 2.75) is 6.54 Å². The van der Waals surface area contributed by atoms with Gasteiger partial charge in [0.2, 0.25) is 5.82 Å². The molecule has 0 fully saturated rings. The first-order valence-electron chi connectivity index (χ1n) is 7.84. The summed E-state index contributed by atoms with van der Waals surface area (Å²) < 4.78 is 6.29. The second-order valence-electron chi connectivity index (χ2n) is 5.53. The Morgan fingerprint density at radius 3 is 2.77 bits per heavy atom. The fourth-order valence-corrected chi connectivity index (χ4v) is 3.51. The Kier molecular flexibility index (Phi) is 4.77. The predicted molar refractivity (Wildman–Crippen MR) is 104 cm³/mol. The van der Waals surface area contributed by atoms with Crippen LogP contribution in [0.15, 0.2) is 58.4 Å². The van der Waals surface area contributed by atoms with E-state index in [1.165, 1.54) is 0 Å². The summed E-state index contributed by atoms with van der Waals surface area (Å²) in [6.07, 6.45) is 0. The number of nitrogens with zero attached hydrogens (tertiary/aromatic N) is 5. The molecule has 0 aliphatic rings. The Morgan fingerprint density at radius 1 is 1.12 bits per heavy atom. The van der Waals surface area contributed by atoms with Crippen LogP contribution in [0.5, 0.6) is 5.75 Å². The van der Waals surface area contributed by atoms with E-state index in [-0.39, 0.29) is 0 Å². The number of aromatic nitrogens is 5. The molecule has 130 valence electrons. The molecule has 0 spiro atoms. The first-order chi connectivity index (χ1) is 12.7. The number of halogens is 1. The maximum absolute atomic E-state index is 5.27. The molecule has 4 aromatic rings. The van der Waals surface area contributed by atoms with Crippen molar-refractivity contribution in [2.75, 3.05) is 7.11 Å². The summed E-state index contributed by atoms with van der Waals surface area (Å²) in [7, 11) is 1.66. The lowest BCUT2D eigenvalue weighted by Gasteiger charge is -2.01. The van der Waals surface area contributed by atoms with Gasteiger partial charge in [0.05, 0.1) is 12.8 Å². The van der Waals surface area contributed by atoms with Crippen molar-refractivity contribution in [1.29, 1.82) is 0 Å². The molecule has 0 unspecified atom stereocenters. The van der Waals surface area contributed by atoms with Crippen LogP contribution in [0.2, 0.25) is 0 Å². The van der Waals surface area contributed by atoms with E-state index in [1.807, 2.05) is 53.9 Å². The lowest BCUT2D eigenvalue weighted by molar-refractivity contribution is 0.415. The van der Waals surface area contributed by atoms with Crippen LogP contribution in [0.3, 0.4) is 0 Å². The fraction of sp³-hybridized carbons (Fsp3) is 0.111. The first kappa shape index (κ1) is 16.9. The second kappa shape index (κ2) is 7.35. The van der Waals surface area contributed by atoms with Crippen molar-refractivity contribution in [3.05, 3.63) is 64.1 Å². The summed E-state index contributed by atoms with van der Waals surface area (Å²) in [6, 6.07) is 15.7. The quantitative estimate of drug-likeness (QED) is 0.475. The van der Waals surface area contributed by atoms with Crippen molar-refractivity contribution in [3.8, 4) is 27.7 Å². The number of methoxy groups -OCH3 is 1. The predicted octanol–water partition coefficient (Wildman–Crippen LogP) is 4.28. The van der Waals surface area contributed by atoms with Gasteiger partial charge in [-0.25, -0.2) is 4.98 Å². The molecule has 4 rings (SSSR count). The van der Waals surface area contributed by atoms with Crippen LogP contribution in [0.4, 0.5) is 0 Å². The lowest BCUT2D eigenvalue weighted by Crippen LogP contribution is -2.04. The number of rotatable bonds is 5. The number of benzene rings is 2. The molecule has 26 heavy (non-hydrogen) atoms. The third kappa shape index (κ3) is 3.66. The van der Waals surface area contributed by atoms with Gasteiger partial charge in [-0.05, 0) is 41.6 Å². The number of ether oxygens (including phenoxy) is 1. The van der Waals surface area contributed by atoms with E-state index < -0.39 is 0 Å². The molecule has 0 aliphatic heterocycles. The minimum atomic E-state index is 0.476. The number of thiazole rings is 1. The topological polar surface area (TPSA) is 65.7 Å². The van der Waals surface area contributed by atoms with Crippen molar-refractivity contribution < 1.29 is 4.74 Å². The van der Waals surface area contributed by atoms with Gasteiger partial charge in [-0.3, -0.25) is 0 Å². The van der Waals surface area contributed by atoms with E-state index in [4.69, 9.17) is 4.74 Å². The summed E-state index contributed by atoms with van der Waals surface area (Å²) >= 11 is 5.01. The zero-order chi connectivity index (χ0) is 17.9. The van der Waals surface area contributed by atoms with Gasteiger partial charge < -0.3 is 4.74 Å². The largest absolute Gasteiger partial charge is 0.497 e. The zero-order valence-corrected chi connectivity index (χ0v) is 16.2. The van der Waals surface area contributed by atoms with Gasteiger partial charge in [0, 0.05) is 21.0 Å². The van der Waals surface area contributed by atoms with Gasteiger partial charge in [0.15, 0.2) is 0 Å². The van der Waals surface area contributed by atoms with Crippen molar-refractivity contribution in [3.63, 3.8) is 0 Å². The average molecular weight is 428 g/mol. The molecule has 0 aliphatic carbocycles. The summed E-state index contributed by atoms with van der Waals surface area (Å²) in [4.78, 5) is 6.23. The smallest absolute Gasteiger partial charge is 0.204 e. The highest BCUT2D eigenvalue weighted by molar-refractivity contribution is 9.10. The Hall–Kier alpha value is -2.58. The van der Waals surface area contributed by atoms with Crippen molar-refractivity contribution in [1.82, 2.24) is 25.2 Å². The summed E-state index contributed by atoms with van der Waals surface area (Å²) in [5.41, 5.74) is 2.85. The fourth-order valence-electron chi connectivity index (χ4n) is 2.44. The minimum absolute atomic E-state index is 0.476. The van der Waals surface area contributed by atoms with E-state index in [2.05, 4.69) is 36.3 Å². The minimum Gasteiger partial charge on any atom is -0.497 e. The molecule has 8 heteroatoms. The highest BCUT2D eigenvalue weighted by Gasteiger charge is 2.10. The zero-order valence-electron chi connectivity index (χ0n) is 13.8. The van der Waals surface area contributed by atoms with Crippen LogP contribution < -0.4 is 4.74 Å². The Bertz CT molecular complexity index is 1030. The van der Waals surface area contributed by atoms with E-state index >= 15 is 0 Å². The number of hydrogen-bond donors (Lipinski definition) is 0. The monoisotopic (exact) mass is 427 g/mol. The van der Waals surface area contributed by atoms with Crippen LogP contribution in [0.1, 0.15) is 5.69 Å². The number of hydrogen-bond acceptors (Lipinski definition) is 6. The third-order valence-electron chi connectivity index (χ3n) is 3.73. The summed E-state index contributed by atoms with van der Waals surface area (Å²) in [5.74, 6) is 1.41. The molecule has 0 saturated carbocycles. The molecule has 0 saturated heterocycles. The normalized spacial score (nSPS) is 10.8. The number of tetrazole rings is 1. The highest BCUT2D eigenvalue weighted by atomic mass is 79.9. The molecular weight excluding hydrogens is 414 g/mol. The third-order valence-corrected chi connectivity index (χ3v) is 5.20. The van der Waals surface area contributed by atoms with Crippen LogP contribution in [-0.2, 0) is 6.54 Å². The Morgan fingerprint density at radius 2 is 1.96 bits per heavy atom. The van der Waals surface area contributed by atoms with Crippen LogP contribution >= 0.6 is 27.3 Å². The van der Waals surface area contributed by atoms with Crippen molar-refractivity contribution >= 4 is 27.3 Å². The average Bonchev–Trinajstić information content (AvgIpc) is 3.33. The van der Waals surface area contributed by atoms with Gasteiger partial charge >= 0.3 is 0 Å². The van der Waals surface area contributed by atoms with Gasteiger partial charge in [0.1, 0.15) is 17.3 Å². The van der Waals surface area contributed by atoms with Crippen molar-refractivity contribution in [2.24, 2.45) is 0 Å². The molecule has 6 nitrogen and oxygen atoms in total. The molecule has 0 radical (unpaired) electrons. The Balaban J connectivity index is 1.52. The van der Waals surface area contributed by atoms with Crippen LogP contribution in [0.25, 0.3) is 22.0 Å². The summed E-state index contributed by atoms with van der Waals surface area (Å²) in [6.45, 7) is 0.476. The SMILES string of the molecule is COc1cccc(-c2nc(Cn3nnc(-c4ccc(Br)cc4)n3)cs2)c1. The van der Waals surface area contributed by atoms with Gasteiger partial charge in [-0.2, -0.15) is 4.80 Å².